The third kappa shape index (κ3) is 3.47. The lowest BCUT2D eigenvalue weighted by Gasteiger charge is -2.25. The van der Waals surface area contributed by atoms with Gasteiger partial charge in [0, 0.05) is 11.1 Å². The molecule has 0 spiro atoms. The normalized spacial score (nSPS) is 13.2. The molecule has 2 heteroatoms. The molecule has 0 aliphatic heterocycles. The number of ether oxygens (including phenoxy) is 1. The lowest BCUT2D eigenvalue weighted by Crippen LogP contribution is -2.13. The fourth-order valence-electron chi connectivity index (χ4n) is 4.42. The molecule has 0 saturated carbocycles. The maximum Gasteiger partial charge on any atom is 0.193 e. The van der Waals surface area contributed by atoms with Crippen molar-refractivity contribution in [2.75, 3.05) is 7.11 Å². The average molecular weight is 397 g/mol. The van der Waals surface area contributed by atoms with Crippen LogP contribution in [0.15, 0.2) is 54.6 Å². The molecule has 1 aliphatic rings. The number of aryl methyl sites for hydroxylation is 3. The van der Waals surface area contributed by atoms with E-state index in [9.17, 15) is 4.79 Å². The summed E-state index contributed by atoms with van der Waals surface area (Å²) in [5.74, 6) is 0.834. The number of carbonyl (C=O) groups excluding carboxylic acids is 1. The molecular weight excluding hydrogens is 368 g/mol. The molecule has 1 aliphatic carbocycles. The summed E-state index contributed by atoms with van der Waals surface area (Å²) in [5, 5.41) is 0. The van der Waals surface area contributed by atoms with E-state index in [-0.39, 0.29) is 5.78 Å². The van der Waals surface area contributed by atoms with Crippen molar-refractivity contribution in [2.24, 2.45) is 0 Å². The summed E-state index contributed by atoms with van der Waals surface area (Å²) in [6.07, 6.45) is 1.83. The quantitative estimate of drug-likeness (QED) is 0.460. The fourth-order valence-corrected chi connectivity index (χ4v) is 4.42. The molecule has 3 aromatic carbocycles. The number of benzene rings is 3. The van der Waals surface area contributed by atoms with Crippen LogP contribution >= 0.6 is 0 Å². The Balaban J connectivity index is 1.95. The summed E-state index contributed by atoms with van der Waals surface area (Å²) < 4.78 is 5.27. The molecule has 0 unspecified atom stereocenters. The molecule has 30 heavy (non-hydrogen) atoms. The smallest absolute Gasteiger partial charge is 0.193 e. The molecule has 0 saturated heterocycles. The van der Waals surface area contributed by atoms with Gasteiger partial charge in [0.25, 0.3) is 0 Å². The van der Waals surface area contributed by atoms with Gasteiger partial charge in [-0.15, -0.1) is 0 Å². The van der Waals surface area contributed by atoms with Gasteiger partial charge >= 0.3 is 0 Å². The molecule has 0 radical (unpaired) electrons. The molecule has 0 atom stereocenters. The van der Waals surface area contributed by atoms with E-state index >= 15 is 0 Å². The minimum atomic E-state index is 0.0788. The number of methoxy groups -OCH3 is 1. The van der Waals surface area contributed by atoms with E-state index in [4.69, 9.17) is 4.74 Å². The number of fused-ring (bicyclic) bond motifs is 1. The molecule has 3 aromatic rings. The first kappa shape index (κ1) is 20.2. The van der Waals surface area contributed by atoms with Crippen molar-refractivity contribution in [2.45, 2.75) is 40.5 Å². The van der Waals surface area contributed by atoms with Gasteiger partial charge in [-0.2, -0.15) is 0 Å². The second kappa shape index (κ2) is 7.95. The van der Waals surface area contributed by atoms with Gasteiger partial charge in [-0.25, -0.2) is 0 Å². The number of ketones is 1. The van der Waals surface area contributed by atoms with E-state index < -0.39 is 0 Å². The van der Waals surface area contributed by atoms with E-state index in [1.165, 1.54) is 33.4 Å². The maximum absolute atomic E-state index is 13.8. The molecule has 0 amide bonds. The number of hydrogen-bond acceptors (Lipinski definition) is 2. The zero-order chi connectivity index (χ0) is 21.4. The van der Waals surface area contributed by atoms with Crippen LogP contribution in [0.2, 0.25) is 0 Å². The second-order valence-electron chi connectivity index (χ2n) is 8.25. The summed E-state index contributed by atoms with van der Waals surface area (Å²) in [6, 6.07) is 18.2. The predicted octanol–water partition coefficient (Wildman–Crippen LogP) is 6.67. The van der Waals surface area contributed by atoms with Crippen molar-refractivity contribution < 1.29 is 9.53 Å². The average Bonchev–Trinajstić information content (AvgIpc) is 2.76. The van der Waals surface area contributed by atoms with Crippen LogP contribution in [-0.4, -0.2) is 12.9 Å². The largest absolute Gasteiger partial charge is 0.497 e. The van der Waals surface area contributed by atoms with Crippen molar-refractivity contribution in [3.8, 4) is 5.75 Å². The number of hydrogen-bond donors (Lipinski definition) is 0. The first-order chi connectivity index (χ1) is 14.4. The Morgan fingerprint density at radius 2 is 1.50 bits per heavy atom. The lowest BCUT2D eigenvalue weighted by molar-refractivity contribution is 0.105. The van der Waals surface area contributed by atoms with Crippen LogP contribution < -0.4 is 4.74 Å². The third-order valence-corrected chi connectivity index (χ3v) is 6.44. The van der Waals surface area contributed by atoms with E-state index in [2.05, 4.69) is 58.0 Å². The van der Waals surface area contributed by atoms with Crippen molar-refractivity contribution in [1.29, 1.82) is 0 Å². The van der Waals surface area contributed by atoms with Crippen LogP contribution in [0, 0.1) is 27.7 Å². The highest BCUT2D eigenvalue weighted by atomic mass is 16.5. The Kier molecular flexibility index (Phi) is 5.34. The van der Waals surface area contributed by atoms with Crippen LogP contribution in [0.5, 0.6) is 5.75 Å². The molecular formula is C28H28O2. The zero-order valence-electron chi connectivity index (χ0n) is 18.4. The van der Waals surface area contributed by atoms with Gasteiger partial charge in [0.05, 0.1) is 7.11 Å². The number of Topliss-reactive ketones (excluding diaryl/α,β-unsaturated/α-hetero) is 1. The monoisotopic (exact) mass is 396 g/mol. The first-order valence-electron chi connectivity index (χ1n) is 10.5. The molecule has 0 N–H and O–H groups in total. The number of allylic oxidation sites excluding steroid dienone is 2. The molecule has 0 fully saturated rings. The van der Waals surface area contributed by atoms with Crippen LogP contribution in [0.4, 0.5) is 0 Å². The van der Waals surface area contributed by atoms with E-state index in [1.807, 2.05) is 24.3 Å². The van der Waals surface area contributed by atoms with Gasteiger partial charge < -0.3 is 4.74 Å². The van der Waals surface area contributed by atoms with E-state index in [1.54, 1.807) is 7.11 Å². The zero-order valence-corrected chi connectivity index (χ0v) is 18.4. The van der Waals surface area contributed by atoms with Crippen molar-refractivity contribution >= 4 is 16.9 Å². The minimum absolute atomic E-state index is 0.0788. The van der Waals surface area contributed by atoms with Gasteiger partial charge in [-0.05, 0) is 104 Å². The van der Waals surface area contributed by atoms with E-state index in [0.29, 0.717) is 5.56 Å². The Hall–Kier alpha value is -3.13. The Bertz CT molecular complexity index is 1160. The molecule has 0 aromatic heterocycles. The van der Waals surface area contributed by atoms with Crippen LogP contribution in [0.1, 0.15) is 55.7 Å². The lowest BCUT2D eigenvalue weighted by atomic mass is 9.77. The van der Waals surface area contributed by atoms with Gasteiger partial charge in [-0.1, -0.05) is 35.9 Å². The fraction of sp³-hybridized carbons (Fsp3) is 0.250. The summed E-state index contributed by atoms with van der Waals surface area (Å²) in [5.41, 5.74) is 11.3. The first-order valence-corrected chi connectivity index (χ1v) is 10.5. The van der Waals surface area contributed by atoms with E-state index in [0.717, 1.165) is 35.3 Å². The van der Waals surface area contributed by atoms with Crippen molar-refractivity contribution in [1.82, 2.24) is 0 Å². The summed E-state index contributed by atoms with van der Waals surface area (Å²) in [4.78, 5) is 13.8. The predicted molar refractivity (Wildman–Crippen MR) is 124 cm³/mol. The molecule has 4 rings (SSSR count). The van der Waals surface area contributed by atoms with Crippen molar-refractivity contribution in [3.63, 3.8) is 0 Å². The Morgan fingerprint density at radius 3 is 2.20 bits per heavy atom. The van der Waals surface area contributed by atoms with Gasteiger partial charge in [0.2, 0.25) is 0 Å². The standard InChI is InChI=1S/C28H28O2/c1-17-6-13-25-22(16-17)10-15-26(24-14-7-18(2)19(3)20(24)4)27(25)28(29)21-8-11-23(30-5)12-9-21/h6-9,11-14,16H,10,15H2,1-5H3. The summed E-state index contributed by atoms with van der Waals surface area (Å²) in [7, 11) is 1.64. The maximum atomic E-state index is 13.8. The highest BCUT2D eigenvalue weighted by molar-refractivity contribution is 6.35. The summed E-state index contributed by atoms with van der Waals surface area (Å²) >= 11 is 0. The highest BCUT2D eigenvalue weighted by Gasteiger charge is 2.27. The molecule has 152 valence electrons. The highest BCUT2D eigenvalue weighted by Crippen LogP contribution is 2.41. The number of carbonyl (C=O) groups is 1. The third-order valence-electron chi connectivity index (χ3n) is 6.44. The van der Waals surface area contributed by atoms with Crippen LogP contribution in [0.25, 0.3) is 11.1 Å². The molecule has 0 bridgehead atoms. The van der Waals surface area contributed by atoms with Gasteiger partial charge in [0.1, 0.15) is 5.75 Å². The number of rotatable bonds is 4. The second-order valence-corrected chi connectivity index (χ2v) is 8.25. The Morgan fingerprint density at radius 1 is 0.800 bits per heavy atom. The summed E-state index contributed by atoms with van der Waals surface area (Å²) in [6.45, 7) is 8.59. The van der Waals surface area contributed by atoms with Crippen LogP contribution in [-0.2, 0) is 6.42 Å². The minimum Gasteiger partial charge on any atom is -0.497 e. The SMILES string of the molecule is COc1ccc(C(=O)C2=C(c3ccc(C)c(C)c3C)CCc3cc(C)ccc32)cc1. The Labute approximate surface area is 179 Å². The topological polar surface area (TPSA) is 26.3 Å². The van der Waals surface area contributed by atoms with Gasteiger partial charge in [-0.3, -0.25) is 4.79 Å². The van der Waals surface area contributed by atoms with Gasteiger partial charge in [0.15, 0.2) is 5.78 Å². The van der Waals surface area contributed by atoms with Crippen LogP contribution in [0.3, 0.4) is 0 Å². The molecule has 2 nitrogen and oxygen atoms in total. The molecule has 0 heterocycles. The van der Waals surface area contributed by atoms with Crippen molar-refractivity contribution in [3.05, 3.63) is 99.1 Å².